The number of aromatic amines is 1. The van der Waals surface area contributed by atoms with E-state index in [1.54, 1.807) is 0 Å². The molecular weight excluding hydrogens is 376 g/mol. The molecule has 0 aliphatic carbocycles. The van der Waals surface area contributed by atoms with Crippen molar-refractivity contribution in [2.45, 2.75) is 0 Å². The van der Waals surface area contributed by atoms with Crippen LogP contribution in [0.5, 0.6) is 0 Å². The first-order chi connectivity index (χ1) is 12.2. The van der Waals surface area contributed by atoms with Gasteiger partial charge < -0.3 is 9.38 Å². The zero-order valence-electron chi connectivity index (χ0n) is 13.2. The molecule has 0 aliphatic heterocycles. The molecule has 0 unspecified atom stereocenters. The molecule has 1 N–H and O–H groups in total. The number of halogens is 1. The summed E-state index contributed by atoms with van der Waals surface area (Å²) in [6.45, 7) is 0. The lowest BCUT2D eigenvalue weighted by atomic mass is 10.0. The van der Waals surface area contributed by atoms with Crippen molar-refractivity contribution in [1.29, 1.82) is 0 Å². The SMILES string of the molecule is O=c1[nH]c2ccccc2n2c1c(-c1ccccc1)c1ccc(Br)cc12. The first kappa shape index (κ1) is 14.5. The second kappa shape index (κ2) is 5.33. The lowest BCUT2D eigenvalue weighted by Crippen LogP contribution is -2.10. The van der Waals surface area contributed by atoms with Gasteiger partial charge in [-0.15, -0.1) is 0 Å². The van der Waals surface area contributed by atoms with Gasteiger partial charge in [-0.1, -0.05) is 64.5 Å². The minimum atomic E-state index is -0.0788. The molecule has 25 heavy (non-hydrogen) atoms. The van der Waals surface area contributed by atoms with Crippen LogP contribution < -0.4 is 5.56 Å². The highest BCUT2D eigenvalue weighted by Crippen LogP contribution is 2.36. The van der Waals surface area contributed by atoms with E-state index >= 15 is 0 Å². The molecule has 0 spiro atoms. The third-order valence-corrected chi connectivity index (χ3v) is 5.09. The third-order valence-electron chi connectivity index (χ3n) is 4.60. The number of hydrogen-bond donors (Lipinski definition) is 1. The van der Waals surface area contributed by atoms with Crippen molar-refractivity contribution < 1.29 is 0 Å². The Kier molecular flexibility index (Phi) is 3.09. The number of hydrogen-bond acceptors (Lipinski definition) is 1. The highest BCUT2D eigenvalue weighted by molar-refractivity contribution is 9.10. The largest absolute Gasteiger partial charge is 0.319 e. The van der Waals surface area contributed by atoms with E-state index in [0.717, 1.165) is 37.5 Å². The molecule has 0 atom stereocenters. The normalized spacial score (nSPS) is 11.6. The number of nitrogens with zero attached hydrogens (tertiary/aromatic N) is 1. The quantitative estimate of drug-likeness (QED) is 0.412. The summed E-state index contributed by atoms with van der Waals surface area (Å²) in [5.74, 6) is 0. The van der Waals surface area contributed by atoms with Gasteiger partial charge in [0.1, 0.15) is 5.52 Å². The maximum atomic E-state index is 13.0. The third kappa shape index (κ3) is 2.07. The van der Waals surface area contributed by atoms with Crippen molar-refractivity contribution in [3.8, 4) is 11.1 Å². The molecule has 0 saturated carbocycles. The predicted octanol–water partition coefficient (Wildman–Crippen LogP) is 5.36. The van der Waals surface area contributed by atoms with Crippen LogP contribution in [0.1, 0.15) is 0 Å². The van der Waals surface area contributed by atoms with Gasteiger partial charge in [0.2, 0.25) is 0 Å². The van der Waals surface area contributed by atoms with Crippen LogP contribution in [0.25, 0.3) is 38.6 Å². The Labute approximate surface area is 151 Å². The van der Waals surface area contributed by atoms with Crippen molar-refractivity contribution in [3.05, 3.63) is 87.6 Å². The standard InChI is InChI=1S/C21H13BrN2O/c22-14-10-11-15-18(12-14)24-17-9-5-4-8-16(17)23-21(25)20(24)19(15)13-6-2-1-3-7-13/h1-12H,(H,23,25). The van der Waals surface area contributed by atoms with E-state index < -0.39 is 0 Å². The second-order valence-electron chi connectivity index (χ2n) is 6.06. The second-order valence-corrected chi connectivity index (χ2v) is 6.97. The molecule has 4 heteroatoms. The van der Waals surface area contributed by atoms with Gasteiger partial charge >= 0.3 is 0 Å². The summed E-state index contributed by atoms with van der Waals surface area (Å²) in [5.41, 5.74) is 5.44. The number of H-pyrrole nitrogens is 1. The Balaban J connectivity index is 2.14. The van der Waals surface area contributed by atoms with E-state index in [0.29, 0.717) is 5.52 Å². The zero-order chi connectivity index (χ0) is 17.0. The first-order valence-electron chi connectivity index (χ1n) is 8.04. The van der Waals surface area contributed by atoms with Crippen LogP contribution in [0.2, 0.25) is 0 Å². The van der Waals surface area contributed by atoms with Crippen LogP contribution in [-0.4, -0.2) is 9.38 Å². The minimum absolute atomic E-state index is 0.0788. The maximum absolute atomic E-state index is 13.0. The summed E-state index contributed by atoms with van der Waals surface area (Å²) < 4.78 is 3.06. The highest BCUT2D eigenvalue weighted by atomic mass is 79.9. The molecule has 0 fully saturated rings. The van der Waals surface area contributed by atoms with Gasteiger partial charge in [0.15, 0.2) is 0 Å². The molecule has 2 heterocycles. The van der Waals surface area contributed by atoms with Gasteiger partial charge in [0.05, 0.1) is 16.6 Å². The number of rotatable bonds is 1. The highest BCUT2D eigenvalue weighted by Gasteiger charge is 2.18. The van der Waals surface area contributed by atoms with E-state index in [4.69, 9.17) is 0 Å². The van der Waals surface area contributed by atoms with Crippen molar-refractivity contribution >= 4 is 43.4 Å². The van der Waals surface area contributed by atoms with Gasteiger partial charge in [0, 0.05) is 15.4 Å². The summed E-state index contributed by atoms with van der Waals surface area (Å²) in [4.78, 5) is 16.0. The molecule has 0 radical (unpaired) electrons. The van der Waals surface area contributed by atoms with Crippen LogP contribution in [0.3, 0.4) is 0 Å². The van der Waals surface area contributed by atoms with Crippen LogP contribution in [0.15, 0.2) is 82.1 Å². The Bertz CT molecular complexity index is 1320. The van der Waals surface area contributed by atoms with Crippen LogP contribution in [0.4, 0.5) is 0 Å². The molecule has 0 saturated heterocycles. The summed E-state index contributed by atoms with van der Waals surface area (Å²) in [6.07, 6.45) is 0. The lowest BCUT2D eigenvalue weighted by molar-refractivity contribution is 1.22. The van der Waals surface area contributed by atoms with Crippen molar-refractivity contribution in [1.82, 2.24) is 9.38 Å². The monoisotopic (exact) mass is 388 g/mol. The average Bonchev–Trinajstić information content (AvgIpc) is 2.98. The Morgan fingerprint density at radius 1 is 0.840 bits per heavy atom. The maximum Gasteiger partial charge on any atom is 0.273 e. The van der Waals surface area contributed by atoms with Gasteiger partial charge in [-0.3, -0.25) is 4.79 Å². The molecule has 0 aliphatic rings. The van der Waals surface area contributed by atoms with E-state index in [2.05, 4.69) is 37.4 Å². The topological polar surface area (TPSA) is 37.3 Å². The average molecular weight is 389 g/mol. The lowest BCUT2D eigenvalue weighted by Gasteiger charge is -2.05. The number of para-hydroxylation sites is 2. The predicted molar refractivity (Wildman–Crippen MR) is 106 cm³/mol. The van der Waals surface area contributed by atoms with Gasteiger partial charge in [-0.2, -0.15) is 0 Å². The zero-order valence-corrected chi connectivity index (χ0v) is 14.7. The number of nitrogens with one attached hydrogen (secondary N) is 1. The van der Waals surface area contributed by atoms with Crippen molar-refractivity contribution in [2.75, 3.05) is 0 Å². The van der Waals surface area contributed by atoms with Gasteiger partial charge in [-0.25, -0.2) is 0 Å². The molecule has 5 rings (SSSR count). The van der Waals surface area contributed by atoms with Crippen molar-refractivity contribution in [2.24, 2.45) is 0 Å². The first-order valence-corrected chi connectivity index (χ1v) is 8.83. The van der Waals surface area contributed by atoms with Crippen molar-refractivity contribution in [3.63, 3.8) is 0 Å². The Morgan fingerprint density at radius 3 is 2.44 bits per heavy atom. The van der Waals surface area contributed by atoms with Crippen LogP contribution >= 0.6 is 15.9 Å². The molecule has 0 amide bonds. The molecule has 3 aromatic carbocycles. The van der Waals surface area contributed by atoms with E-state index in [9.17, 15) is 4.79 Å². The van der Waals surface area contributed by atoms with Crippen LogP contribution in [0, 0.1) is 0 Å². The van der Waals surface area contributed by atoms with E-state index in [1.165, 1.54) is 0 Å². The fourth-order valence-electron chi connectivity index (χ4n) is 3.58. The number of aromatic nitrogens is 2. The van der Waals surface area contributed by atoms with Gasteiger partial charge in [0.25, 0.3) is 5.56 Å². The fraction of sp³-hybridized carbons (Fsp3) is 0. The molecule has 5 aromatic rings. The summed E-state index contributed by atoms with van der Waals surface area (Å²) in [6, 6.07) is 24.1. The summed E-state index contributed by atoms with van der Waals surface area (Å²) in [5, 5.41) is 1.07. The number of fused-ring (bicyclic) bond motifs is 5. The minimum Gasteiger partial charge on any atom is -0.319 e. The van der Waals surface area contributed by atoms with E-state index in [-0.39, 0.29) is 5.56 Å². The van der Waals surface area contributed by atoms with Gasteiger partial charge in [-0.05, 0) is 29.8 Å². The van der Waals surface area contributed by atoms with E-state index in [1.807, 2.05) is 60.7 Å². The fourth-order valence-corrected chi connectivity index (χ4v) is 3.93. The van der Waals surface area contributed by atoms with Crippen LogP contribution in [-0.2, 0) is 0 Å². The molecule has 2 aromatic heterocycles. The summed E-state index contributed by atoms with van der Waals surface area (Å²) >= 11 is 3.57. The molecule has 0 bridgehead atoms. The number of benzene rings is 3. The smallest absolute Gasteiger partial charge is 0.273 e. The Morgan fingerprint density at radius 2 is 1.60 bits per heavy atom. The molecule has 120 valence electrons. The molecular formula is C21H13BrN2O. The Hall–Kier alpha value is -2.85. The summed E-state index contributed by atoms with van der Waals surface area (Å²) in [7, 11) is 0. The molecule has 3 nitrogen and oxygen atoms in total.